The van der Waals surface area contributed by atoms with E-state index in [4.69, 9.17) is 0 Å². The molecule has 0 aliphatic heterocycles. The molecule has 29 heavy (non-hydrogen) atoms. The fourth-order valence-corrected chi connectivity index (χ4v) is 4.23. The Hall–Kier alpha value is -3.23. The highest BCUT2D eigenvalue weighted by atomic mass is 32.2. The molecule has 0 radical (unpaired) electrons. The molecule has 5 heteroatoms. The summed E-state index contributed by atoms with van der Waals surface area (Å²) in [6.45, 7) is 5.84. The van der Waals surface area contributed by atoms with Crippen LogP contribution < -0.4 is 0 Å². The SMILES string of the molecule is Cc1cc(C)cc(S(C)(=O)=NC(=O)c2cncc(C#Cc3ccccc3C)c2)c1. The number of carbonyl (C=O) groups excluding carboxylic acids is 1. The predicted molar refractivity (Wildman–Crippen MR) is 116 cm³/mol. The molecule has 0 N–H and O–H groups in total. The van der Waals surface area contributed by atoms with Gasteiger partial charge in [-0.2, -0.15) is 4.36 Å². The van der Waals surface area contributed by atoms with Crippen LogP contribution in [0.3, 0.4) is 0 Å². The average Bonchev–Trinajstić information content (AvgIpc) is 2.66. The van der Waals surface area contributed by atoms with E-state index in [2.05, 4.69) is 21.2 Å². The van der Waals surface area contributed by atoms with E-state index in [1.165, 1.54) is 12.5 Å². The fourth-order valence-electron chi connectivity index (χ4n) is 2.89. The van der Waals surface area contributed by atoms with Crippen molar-refractivity contribution in [2.45, 2.75) is 25.7 Å². The number of nitrogens with zero attached hydrogens (tertiary/aromatic N) is 2. The first-order valence-corrected chi connectivity index (χ1v) is 11.0. The van der Waals surface area contributed by atoms with E-state index in [0.717, 1.165) is 22.3 Å². The molecule has 0 aliphatic carbocycles. The quantitative estimate of drug-likeness (QED) is 0.584. The smallest absolute Gasteiger partial charge is 0.266 e. The number of hydrogen-bond acceptors (Lipinski definition) is 3. The van der Waals surface area contributed by atoms with Crippen LogP contribution in [0, 0.1) is 32.6 Å². The van der Waals surface area contributed by atoms with Crippen LogP contribution in [0.4, 0.5) is 0 Å². The Bertz CT molecular complexity index is 1250. The van der Waals surface area contributed by atoms with Crippen LogP contribution >= 0.6 is 0 Å². The van der Waals surface area contributed by atoms with Gasteiger partial charge in [-0.05, 0) is 61.7 Å². The Morgan fingerprint density at radius 1 is 0.966 bits per heavy atom. The largest absolute Gasteiger partial charge is 0.286 e. The third kappa shape index (κ3) is 5.18. The highest BCUT2D eigenvalue weighted by molar-refractivity contribution is 7.93. The molecule has 4 nitrogen and oxygen atoms in total. The van der Waals surface area contributed by atoms with Gasteiger partial charge in [-0.15, -0.1) is 0 Å². The number of carbonyl (C=O) groups is 1. The topological polar surface area (TPSA) is 59.4 Å². The molecule has 2 aromatic carbocycles. The van der Waals surface area contributed by atoms with Crippen LogP contribution in [0.1, 0.15) is 38.2 Å². The van der Waals surface area contributed by atoms with Gasteiger partial charge < -0.3 is 0 Å². The number of rotatable bonds is 2. The summed E-state index contributed by atoms with van der Waals surface area (Å²) < 4.78 is 17.1. The third-order valence-corrected chi connectivity index (χ3v) is 5.99. The van der Waals surface area contributed by atoms with Gasteiger partial charge in [0, 0.05) is 34.7 Å². The zero-order valence-corrected chi connectivity index (χ0v) is 17.7. The van der Waals surface area contributed by atoms with Crippen LogP contribution in [-0.2, 0) is 9.73 Å². The molecular formula is C24H22N2O2S. The molecule has 0 saturated carbocycles. The molecular weight excluding hydrogens is 380 g/mol. The summed E-state index contributed by atoms with van der Waals surface area (Å²) in [5.41, 5.74) is 4.82. The number of hydrogen-bond donors (Lipinski definition) is 0. The van der Waals surface area contributed by atoms with E-state index >= 15 is 0 Å². The second-order valence-corrected chi connectivity index (χ2v) is 9.31. The summed E-state index contributed by atoms with van der Waals surface area (Å²) in [6.07, 6.45) is 4.49. The first kappa shape index (κ1) is 20.5. The van der Waals surface area contributed by atoms with Gasteiger partial charge >= 0.3 is 0 Å². The minimum atomic E-state index is -2.86. The van der Waals surface area contributed by atoms with Crippen LogP contribution in [0.15, 0.2) is 70.2 Å². The molecule has 0 fully saturated rings. The lowest BCUT2D eigenvalue weighted by molar-refractivity contribution is 0.100. The normalized spacial score (nSPS) is 12.4. The lowest BCUT2D eigenvalue weighted by Gasteiger charge is -2.07. The van der Waals surface area contributed by atoms with Crippen molar-refractivity contribution >= 4 is 15.6 Å². The van der Waals surface area contributed by atoms with E-state index in [-0.39, 0.29) is 5.56 Å². The zero-order chi connectivity index (χ0) is 21.0. The van der Waals surface area contributed by atoms with Gasteiger partial charge in [-0.1, -0.05) is 36.1 Å². The molecule has 1 heterocycles. The van der Waals surface area contributed by atoms with Crippen LogP contribution in [-0.4, -0.2) is 21.4 Å². The van der Waals surface area contributed by atoms with Crippen LogP contribution in [0.2, 0.25) is 0 Å². The van der Waals surface area contributed by atoms with Gasteiger partial charge in [0.1, 0.15) is 0 Å². The maximum Gasteiger partial charge on any atom is 0.286 e. The highest BCUT2D eigenvalue weighted by Gasteiger charge is 2.13. The Labute approximate surface area is 172 Å². The number of amides is 1. The van der Waals surface area contributed by atoms with E-state index in [0.29, 0.717) is 10.5 Å². The predicted octanol–water partition coefficient (Wildman–Crippen LogP) is 4.70. The number of benzene rings is 2. The highest BCUT2D eigenvalue weighted by Crippen LogP contribution is 2.17. The molecule has 1 aromatic heterocycles. The van der Waals surface area contributed by atoms with E-state index < -0.39 is 15.6 Å². The van der Waals surface area contributed by atoms with E-state index in [1.54, 1.807) is 24.4 Å². The van der Waals surface area contributed by atoms with E-state index in [9.17, 15) is 9.00 Å². The zero-order valence-electron chi connectivity index (χ0n) is 16.9. The average molecular weight is 403 g/mol. The van der Waals surface area contributed by atoms with Crippen LogP contribution in [0.5, 0.6) is 0 Å². The second kappa shape index (κ2) is 8.42. The Morgan fingerprint density at radius 3 is 2.34 bits per heavy atom. The summed E-state index contributed by atoms with van der Waals surface area (Å²) in [5.74, 6) is 5.56. The number of aromatic nitrogens is 1. The number of aryl methyl sites for hydroxylation is 3. The minimum Gasteiger partial charge on any atom is -0.266 e. The van der Waals surface area contributed by atoms with Gasteiger partial charge in [0.15, 0.2) is 0 Å². The fraction of sp³-hybridized carbons (Fsp3) is 0.167. The first-order valence-electron chi connectivity index (χ1n) is 9.12. The van der Waals surface area contributed by atoms with Crippen LogP contribution in [0.25, 0.3) is 0 Å². The molecule has 0 saturated heterocycles. The molecule has 1 unspecified atom stereocenters. The van der Waals surface area contributed by atoms with Gasteiger partial charge in [0.05, 0.1) is 15.3 Å². The molecule has 0 aliphatic rings. The molecule has 146 valence electrons. The maximum atomic E-state index is 13.1. The van der Waals surface area contributed by atoms with Crippen molar-refractivity contribution in [3.63, 3.8) is 0 Å². The summed E-state index contributed by atoms with van der Waals surface area (Å²) in [5, 5.41) is 0. The summed E-state index contributed by atoms with van der Waals surface area (Å²) in [6, 6.07) is 15.0. The minimum absolute atomic E-state index is 0.264. The molecule has 3 rings (SSSR count). The van der Waals surface area contributed by atoms with Crippen molar-refractivity contribution in [2.75, 3.05) is 6.26 Å². The molecule has 3 aromatic rings. The van der Waals surface area contributed by atoms with Gasteiger partial charge in [-0.25, -0.2) is 4.21 Å². The van der Waals surface area contributed by atoms with E-state index in [1.807, 2.05) is 51.1 Å². The standard InChI is InChI=1S/C24H22N2O2S/c1-17-11-18(2)13-23(12-17)29(4,28)26-24(27)22-14-20(15-25-16-22)9-10-21-8-6-5-7-19(21)3/h5-8,11-16H,1-4H3. The van der Waals surface area contributed by atoms with Crippen molar-refractivity contribution in [3.05, 3.63) is 94.3 Å². The summed E-state index contributed by atoms with van der Waals surface area (Å²) >= 11 is 0. The summed E-state index contributed by atoms with van der Waals surface area (Å²) in [7, 11) is -2.86. The maximum absolute atomic E-state index is 13.1. The monoisotopic (exact) mass is 402 g/mol. The first-order chi connectivity index (χ1) is 13.7. The van der Waals surface area contributed by atoms with Gasteiger partial charge in [-0.3, -0.25) is 9.78 Å². The third-order valence-electron chi connectivity index (χ3n) is 4.36. The molecule has 0 bridgehead atoms. The van der Waals surface area contributed by atoms with Crippen molar-refractivity contribution in [2.24, 2.45) is 4.36 Å². The van der Waals surface area contributed by atoms with Crippen molar-refractivity contribution < 1.29 is 9.00 Å². The van der Waals surface area contributed by atoms with Gasteiger partial charge in [0.2, 0.25) is 0 Å². The molecule has 0 spiro atoms. The molecule has 1 atom stereocenters. The summed E-state index contributed by atoms with van der Waals surface area (Å²) in [4.78, 5) is 17.3. The van der Waals surface area contributed by atoms with Crippen molar-refractivity contribution in [1.82, 2.24) is 4.98 Å². The Kier molecular flexibility index (Phi) is 5.95. The van der Waals surface area contributed by atoms with Crippen molar-refractivity contribution in [1.29, 1.82) is 0 Å². The van der Waals surface area contributed by atoms with Crippen molar-refractivity contribution in [3.8, 4) is 11.8 Å². The second-order valence-electron chi connectivity index (χ2n) is 7.05. The Morgan fingerprint density at radius 2 is 1.66 bits per heavy atom. The van der Waals surface area contributed by atoms with Gasteiger partial charge in [0.25, 0.3) is 5.91 Å². The molecule has 1 amide bonds. The lowest BCUT2D eigenvalue weighted by atomic mass is 10.1. The number of pyridine rings is 1. The lowest BCUT2D eigenvalue weighted by Crippen LogP contribution is -2.05. The Balaban J connectivity index is 1.93.